The zero-order chi connectivity index (χ0) is 18.9. The first-order chi connectivity index (χ1) is 13.8. The van der Waals surface area contributed by atoms with Crippen molar-refractivity contribution in [3.8, 4) is 5.75 Å². The van der Waals surface area contributed by atoms with Crippen LogP contribution in [0.25, 0.3) is 20.3 Å². The van der Waals surface area contributed by atoms with Crippen LogP contribution in [0.15, 0.2) is 54.9 Å². The Balaban J connectivity index is 1.34. The topological polar surface area (TPSA) is 41.5 Å². The summed E-state index contributed by atoms with van der Waals surface area (Å²) in [4.78, 5) is 15.2. The molecule has 0 atom stereocenters. The minimum Gasteiger partial charge on any atom is -0.497 e. The van der Waals surface area contributed by atoms with Crippen LogP contribution in [-0.2, 0) is 6.54 Å². The Morgan fingerprint density at radius 2 is 1.75 bits per heavy atom. The van der Waals surface area contributed by atoms with Crippen molar-refractivity contribution in [2.75, 3.05) is 38.2 Å². The molecular formula is C22H22N4OS. The molecule has 2 aromatic carbocycles. The third-order valence-corrected chi connectivity index (χ3v) is 6.47. The summed E-state index contributed by atoms with van der Waals surface area (Å²) in [5, 5.41) is 2.46. The van der Waals surface area contributed by atoms with Crippen LogP contribution in [0.3, 0.4) is 0 Å². The maximum Gasteiger partial charge on any atom is 0.141 e. The molecule has 0 aliphatic carbocycles. The number of aromatic nitrogens is 2. The van der Waals surface area contributed by atoms with Crippen molar-refractivity contribution in [2.24, 2.45) is 0 Å². The number of nitrogens with zero attached hydrogens (tertiary/aromatic N) is 4. The van der Waals surface area contributed by atoms with E-state index in [0.29, 0.717) is 0 Å². The lowest BCUT2D eigenvalue weighted by Gasteiger charge is -2.35. The quantitative estimate of drug-likeness (QED) is 0.523. The van der Waals surface area contributed by atoms with Crippen LogP contribution in [-0.4, -0.2) is 48.2 Å². The number of fused-ring (bicyclic) bond motifs is 3. The lowest BCUT2D eigenvalue weighted by Crippen LogP contribution is -2.46. The minimum absolute atomic E-state index is 0.907. The van der Waals surface area contributed by atoms with Crippen molar-refractivity contribution in [3.63, 3.8) is 0 Å². The van der Waals surface area contributed by atoms with Crippen LogP contribution in [0.4, 0.5) is 5.82 Å². The molecule has 0 radical (unpaired) electrons. The van der Waals surface area contributed by atoms with Crippen LogP contribution in [0.5, 0.6) is 5.75 Å². The smallest absolute Gasteiger partial charge is 0.141 e. The molecule has 3 heterocycles. The number of thiophene rings is 1. The number of methoxy groups -OCH3 is 1. The second-order valence-electron chi connectivity index (χ2n) is 7.09. The highest BCUT2D eigenvalue weighted by Crippen LogP contribution is 2.37. The van der Waals surface area contributed by atoms with Gasteiger partial charge in [0, 0.05) is 42.8 Å². The summed E-state index contributed by atoms with van der Waals surface area (Å²) in [6, 6.07) is 16.9. The second-order valence-corrected chi connectivity index (χ2v) is 8.12. The average Bonchev–Trinajstić information content (AvgIpc) is 3.14. The van der Waals surface area contributed by atoms with Gasteiger partial charge < -0.3 is 9.64 Å². The van der Waals surface area contributed by atoms with E-state index in [1.54, 1.807) is 24.8 Å². The highest BCUT2D eigenvalue weighted by Gasteiger charge is 2.21. The first kappa shape index (κ1) is 17.4. The van der Waals surface area contributed by atoms with Crippen molar-refractivity contribution in [2.45, 2.75) is 6.54 Å². The Hall–Kier alpha value is -2.70. The van der Waals surface area contributed by atoms with Crippen molar-refractivity contribution in [1.29, 1.82) is 0 Å². The molecule has 4 aromatic rings. The highest BCUT2D eigenvalue weighted by atomic mass is 32.1. The van der Waals surface area contributed by atoms with E-state index in [1.165, 1.54) is 21.0 Å². The monoisotopic (exact) mass is 390 g/mol. The lowest BCUT2D eigenvalue weighted by atomic mass is 10.1. The molecule has 2 aromatic heterocycles. The Bertz CT molecular complexity index is 1100. The van der Waals surface area contributed by atoms with Crippen LogP contribution >= 0.6 is 11.3 Å². The number of ether oxygens (including phenoxy) is 1. The van der Waals surface area contributed by atoms with Gasteiger partial charge in [0.2, 0.25) is 0 Å². The third kappa shape index (κ3) is 3.19. The fourth-order valence-electron chi connectivity index (χ4n) is 3.89. The van der Waals surface area contributed by atoms with E-state index in [2.05, 4.69) is 56.2 Å². The largest absolute Gasteiger partial charge is 0.497 e. The Labute approximate surface area is 168 Å². The van der Waals surface area contributed by atoms with Gasteiger partial charge in [-0.05, 0) is 23.8 Å². The zero-order valence-electron chi connectivity index (χ0n) is 15.8. The van der Waals surface area contributed by atoms with Crippen LogP contribution in [0, 0.1) is 0 Å². The fraction of sp³-hybridized carbons (Fsp3) is 0.273. The molecule has 1 aliphatic heterocycles. The van der Waals surface area contributed by atoms with Crippen molar-refractivity contribution in [3.05, 3.63) is 60.4 Å². The van der Waals surface area contributed by atoms with Crippen LogP contribution in [0.1, 0.15) is 5.56 Å². The summed E-state index contributed by atoms with van der Waals surface area (Å²) >= 11 is 1.75. The normalized spacial score (nSPS) is 15.4. The number of hydrogen-bond acceptors (Lipinski definition) is 6. The average molecular weight is 391 g/mol. The van der Waals surface area contributed by atoms with Gasteiger partial charge in [-0.3, -0.25) is 4.90 Å². The summed E-state index contributed by atoms with van der Waals surface area (Å²) in [6.07, 6.45) is 1.71. The van der Waals surface area contributed by atoms with Gasteiger partial charge in [0.15, 0.2) is 0 Å². The van der Waals surface area contributed by atoms with Gasteiger partial charge in [0.25, 0.3) is 0 Å². The van der Waals surface area contributed by atoms with Crippen molar-refractivity contribution < 1.29 is 4.74 Å². The van der Waals surface area contributed by atoms with Crippen LogP contribution in [0.2, 0.25) is 0 Å². The highest BCUT2D eigenvalue weighted by molar-refractivity contribution is 7.25. The molecule has 1 aliphatic rings. The summed E-state index contributed by atoms with van der Waals surface area (Å²) in [5.74, 6) is 1.98. The zero-order valence-corrected chi connectivity index (χ0v) is 16.7. The Morgan fingerprint density at radius 1 is 0.964 bits per heavy atom. The fourth-order valence-corrected chi connectivity index (χ4v) is 4.92. The summed E-state index contributed by atoms with van der Waals surface area (Å²) < 4.78 is 6.53. The van der Waals surface area contributed by atoms with Gasteiger partial charge in [-0.1, -0.05) is 30.3 Å². The van der Waals surface area contributed by atoms with E-state index in [1.807, 2.05) is 12.1 Å². The Morgan fingerprint density at radius 3 is 2.54 bits per heavy atom. The minimum atomic E-state index is 0.907. The molecule has 0 amide bonds. The first-order valence-corrected chi connectivity index (χ1v) is 10.4. The van der Waals surface area contributed by atoms with Gasteiger partial charge in [-0.2, -0.15) is 0 Å². The van der Waals surface area contributed by atoms with E-state index in [-0.39, 0.29) is 0 Å². The molecule has 0 N–H and O–H groups in total. The third-order valence-electron chi connectivity index (χ3n) is 5.39. The number of hydrogen-bond donors (Lipinski definition) is 0. The molecule has 6 heteroatoms. The maximum atomic E-state index is 5.25. The van der Waals surface area contributed by atoms with E-state index in [9.17, 15) is 0 Å². The van der Waals surface area contributed by atoms with Gasteiger partial charge in [-0.15, -0.1) is 11.3 Å². The number of rotatable bonds is 4. The summed E-state index contributed by atoms with van der Waals surface area (Å²) in [5.41, 5.74) is 1.32. The molecule has 28 heavy (non-hydrogen) atoms. The van der Waals surface area contributed by atoms with Crippen molar-refractivity contribution >= 4 is 37.5 Å². The summed E-state index contributed by atoms with van der Waals surface area (Å²) in [6.45, 7) is 4.98. The molecule has 1 saturated heterocycles. The van der Waals surface area contributed by atoms with E-state index >= 15 is 0 Å². The van der Waals surface area contributed by atoms with E-state index in [0.717, 1.165) is 49.1 Å². The number of piperazine rings is 1. The molecule has 5 rings (SSSR count). The van der Waals surface area contributed by atoms with E-state index < -0.39 is 0 Å². The van der Waals surface area contributed by atoms with Gasteiger partial charge in [-0.25, -0.2) is 9.97 Å². The van der Waals surface area contributed by atoms with Crippen molar-refractivity contribution in [1.82, 2.24) is 14.9 Å². The molecule has 0 saturated carbocycles. The molecule has 1 fully saturated rings. The molecule has 0 unspecified atom stereocenters. The predicted octanol–water partition coefficient (Wildman–Crippen LogP) is 4.18. The van der Waals surface area contributed by atoms with Gasteiger partial charge >= 0.3 is 0 Å². The standard InChI is InChI=1S/C22H22N4OS/c1-27-17-8-6-16(7-9-17)14-25-10-12-26(13-11-25)21-20-18-4-2-3-5-19(18)28-22(20)24-15-23-21/h2-9,15H,10-14H2,1H3. The molecular weight excluding hydrogens is 368 g/mol. The second kappa shape index (κ2) is 7.37. The van der Waals surface area contributed by atoms with Gasteiger partial charge in [0.1, 0.15) is 22.7 Å². The maximum absolute atomic E-state index is 5.25. The number of anilines is 1. The summed E-state index contributed by atoms with van der Waals surface area (Å²) in [7, 11) is 1.70. The Kier molecular flexibility index (Phi) is 4.58. The SMILES string of the molecule is COc1ccc(CN2CCN(c3ncnc4sc5ccccc5c34)CC2)cc1. The van der Waals surface area contributed by atoms with Crippen LogP contribution < -0.4 is 9.64 Å². The number of benzene rings is 2. The molecule has 5 nitrogen and oxygen atoms in total. The first-order valence-electron chi connectivity index (χ1n) is 9.54. The molecule has 0 bridgehead atoms. The predicted molar refractivity (Wildman–Crippen MR) is 115 cm³/mol. The van der Waals surface area contributed by atoms with E-state index in [4.69, 9.17) is 4.74 Å². The molecule has 0 spiro atoms. The lowest BCUT2D eigenvalue weighted by molar-refractivity contribution is 0.249. The molecule has 142 valence electrons. The van der Waals surface area contributed by atoms with Gasteiger partial charge in [0.05, 0.1) is 12.5 Å².